The monoisotopic (exact) mass is 470 g/mol. The van der Waals surface area contributed by atoms with E-state index in [4.69, 9.17) is 4.74 Å². The van der Waals surface area contributed by atoms with E-state index < -0.39 is 0 Å². The molecule has 0 aliphatic heterocycles. The first-order valence-electron chi connectivity index (χ1n) is 10.9. The number of carbonyl (C=O) groups is 1. The summed E-state index contributed by atoms with van der Waals surface area (Å²) in [5.41, 5.74) is 3.02. The van der Waals surface area contributed by atoms with Crippen LogP contribution in [0.1, 0.15) is 22.8 Å². The third kappa shape index (κ3) is 3.97. The summed E-state index contributed by atoms with van der Waals surface area (Å²) >= 11 is 1.48. The molecule has 3 aromatic carbocycles. The molecule has 0 fully saturated rings. The number of para-hydroxylation sites is 2. The topological polar surface area (TPSA) is 78.5 Å². The van der Waals surface area contributed by atoms with Gasteiger partial charge in [0, 0.05) is 5.75 Å². The van der Waals surface area contributed by atoms with Gasteiger partial charge in [0.1, 0.15) is 5.75 Å². The number of hydrogen-bond acceptors (Lipinski definition) is 6. The second-order valence-electron chi connectivity index (χ2n) is 7.86. The maximum Gasteiger partial charge on any atom is 0.267 e. The SMILES string of the molecule is CC(=O)c1ccccc1OCCSc1nnc2n(-c3ccc(C)cc3)c(=O)c3ccccc3n12. The average Bonchev–Trinajstić information content (AvgIpc) is 3.27. The zero-order chi connectivity index (χ0) is 23.7. The minimum atomic E-state index is -0.139. The molecular weight excluding hydrogens is 448 g/mol. The average molecular weight is 471 g/mol. The van der Waals surface area contributed by atoms with E-state index in [1.165, 1.54) is 18.7 Å². The summed E-state index contributed by atoms with van der Waals surface area (Å²) in [4.78, 5) is 25.2. The number of hydrogen-bond donors (Lipinski definition) is 0. The lowest BCUT2D eigenvalue weighted by molar-refractivity contribution is 0.101. The van der Waals surface area contributed by atoms with E-state index in [1.54, 1.807) is 16.7 Å². The molecule has 0 saturated carbocycles. The fourth-order valence-corrected chi connectivity index (χ4v) is 4.62. The van der Waals surface area contributed by atoms with Crippen molar-refractivity contribution >= 4 is 34.2 Å². The zero-order valence-corrected chi connectivity index (χ0v) is 19.6. The minimum Gasteiger partial charge on any atom is -0.492 e. The van der Waals surface area contributed by atoms with Gasteiger partial charge in [0.15, 0.2) is 10.9 Å². The summed E-state index contributed by atoms with van der Waals surface area (Å²) in [6, 6.07) is 22.4. The quantitative estimate of drug-likeness (QED) is 0.195. The van der Waals surface area contributed by atoms with E-state index >= 15 is 0 Å². The Labute approximate surface area is 200 Å². The number of benzene rings is 3. The van der Waals surface area contributed by atoms with E-state index in [-0.39, 0.29) is 11.3 Å². The highest BCUT2D eigenvalue weighted by Crippen LogP contribution is 2.24. The molecule has 0 bridgehead atoms. The number of fused-ring (bicyclic) bond motifs is 3. The van der Waals surface area contributed by atoms with Crippen molar-refractivity contribution in [3.63, 3.8) is 0 Å². The van der Waals surface area contributed by atoms with Crippen molar-refractivity contribution in [2.24, 2.45) is 0 Å². The van der Waals surface area contributed by atoms with Gasteiger partial charge < -0.3 is 4.74 Å². The van der Waals surface area contributed by atoms with Gasteiger partial charge in [-0.15, -0.1) is 10.2 Å². The third-order valence-electron chi connectivity index (χ3n) is 5.53. The van der Waals surface area contributed by atoms with Crippen molar-refractivity contribution in [3.8, 4) is 11.4 Å². The summed E-state index contributed by atoms with van der Waals surface area (Å²) in [6.45, 7) is 3.92. The second-order valence-corrected chi connectivity index (χ2v) is 8.92. The van der Waals surface area contributed by atoms with Gasteiger partial charge in [0.2, 0.25) is 5.78 Å². The van der Waals surface area contributed by atoms with Crippen molar-refractivity contribution in [1.29, 1.82) is 0 Å². The molecule has 170 valence electrons. The summed E-state index contributed by atoms with van der Waals surface area (Å²) in [5, 5.41) is 10.0. The molecule has 0 aliphatic rings. The van der Waals surface area contributed by atoms with Crippen LogP contribution in [0.5, 0.6) is 5.75 Å². The molecule has 2 aromatic heterocycles. The van der Waals surface area contributed by atoms with Crippen molar-refractivity contribution in [2.45, 2.75) is 19.0 Å². The molecule has 0 unspecified atom stereocenters. The highest BCUT2D eigenvalue weighted by Gasteiger charge is 2.18. The van der Waals surface area contributed by atoms with Crippen LogP contribution in [0.25, 0.3) is 22.4 Å². The Morgan fingerprint density at radius 3 is 2.50 bits per heavy atom. The summed E-state index contributed by atoms with van der Waals surface area (Å²) in [5.74, 6) is 1.58. The summed E-state index contributed by atoms with van der Waals surface area (Å²) in [7, 11) is 0. The number of Topliss-reactive ketones (excluding diaryl/α,β-unsaturated/α-hetero) is 1. The molecule has 8 heteroatoms. The van der Waals surface area contributed by atoms with Crippen molar-refractivity contribution in [1.82, 2.24) is 19.2 Å². The van der Waals surface area contributed by atoms with Crippen LogP contribution in [-0.4, -0.2) is 37.3 Å². The molecule has 5 aromatic rings. The van der Waals surface area contributed by atoms with Crippen LogP contribution in [0.4, 0.5) is 0 Å². The smallest absolute Gasteiger partial charge is 0.267 e. The molecule has 0 N–H and O–H groups in total. The Balaban J connectivity index is 1.49. The number of rotatable bonds is 7. The van der Waals surface area contributed by atoms with Gasteiger partial charge in [0.25, 0.3) is 5.56 Å². The number of carbonyl (C=O) groups excluding carboxylic acids is 1. The molecule has 34 heavy (non-hydrogen) atoms. The van der Waals surface area contributed by atoms with E-state index in [2.05, 4.69) is 10.2 Å². The largest absolute Gasteiger partial charge is 0.492 e. The number of nitrogens with zero attached hydrogens (tertiary/aromatic N) is 4. The summed E-state index contributed by atoms with van der Waals surface area (Å²) in [6.07, 6.45) is 0. The highest BCUT2D eigenvalue weighted by atomic mass is 32.2. The first kappa shape index (κ1) is 21.9. The van der Waals surface area contributed by atoms with Crippen LogP contribution in [0.15, 0.2) is 82.7 Å². The van der Waals surface area contributed by atoms with Crippen LogP contribution < -0.4 is 10.3 Å². The fourth-order valence-electron chi connectivity index (χ4n) is 3.87. The molecule has 5 rings (SSSR count). The van der Waals surface area contributed by atoms with Gasteiger partial charge in [-0.1, -0.05) is 53.7 Å². The maximum atomic E-state index is 13.4. The van der Waals surface area contributed by atoms with Crippen LogP contribution in [0.2, 0.25) is 0 Å². The van der Waals surface area contributed by atoms with Gasteiger partial charge in [-0.05, 0) is 50.2 Å². The predicted octanol–water partition coefficient (Wildman–Crippen LogP) is 4.72. The standard InChI is InChI=1S/C26H22N4O3S/c1-17-11-13-19(14-12-17)29-24(32)21-8-3-5-9-22(21)30-25(29)27-28-26(30)34-16-15-33-23-10-6-4-7-20(23)18(2)31/h3-14H,15-16H2,1-2H3. The lowest BCUT2D eigenvalue weighted by Crippen LogP contribution is -2.21. The van der Waals surface area contributed by atoms with E-state index in [1.807, 2.05) is 72.0 Å². The number of ether oxygens (including phenoxy) is 1. The van der Waals surface area contributed by atoms with E-state index in [0.717, 1.165) is 16.8 Å². The molecule has 0 spiro atoms. The Morgan fingerprint density at radius 1 is 0.971 bits per heavy atom. The van der Waals surface area contributed by atoms with Gasteiger partial charge in [-0.3, -0.25) is 14.0 Å². The van der Waals surface area contributed by atoms with E-state index in [0.29, 0.717) is 40.0 Å². The first-order chi connectivity index (χ1) is 16.5. The lowest BCUT2D eigenvalue weighted by Gasteiger charge is -2.12. The molecule has 0 radical (unpaired) electrons. The van der Waals surface area contributed by atoms with Crippen LogP contribution in [-0.2, 0) is 0 Å². The number of ketones is 1. The van der Waals surface area contributed by atoms with Gasteiger partial charge in [0.05, 0.1) is 28.8 Å². The van der Waals surface area contributed by atoms with Gasteiger partial charge in [-0.2, -0.15) is 0 Å². The van der Waals surface area contributed by atoms with Gasteiger partial charge in [-0.25, -0.2) is 4.57 Å². The van der Waals surface area contributed by atoms with Crippen LogP contribution in [0, 0.1) is 6.92 Å². The second kappa shape index (κ2) is 9.15. The predicted molar refractivity (Wildman–Crippen MR) is 133 cm³/mol. The van der Waals surface area contributed by atoms with Crippen LogP contribution in [0.3, 0.4) is 0 Å². The molecule has 2 heterocycles. The minimum absolute atomic E-state index is 0.0350. The van der Waals surface area contributed by atoms with Gasteiger partial charge >= 0.3 is 0 Å². The molecule has 0 aliphatic carbocycles. The molecule has 0 atom stereocenters. The zero-order valence-electron chi connectivity index (χ0n) is 18.8. The fraction of sp³-hybridized carbons (Fsp3) is 0.154. The van der Waals surface area contributed by atoms with Crippen LogP contribution >= 0.6 is 11.8 Å². The summed E-state index contributed by atoms with van der Waals surface area (Å²) < 4.78 is 9.37. The first-order valence-corrected chi connectivity index (χ1v) is 11.8. The Bertz CT molecular complexity index is 1570. The van der Waals surface area contributed by atoms with Crippen molar-refractivity contribution < 1.29 is 9.53 Å². The van der Waals surface area contributed by atoms with Crippen molar-refractivity contribution in [2.75, 3.05) is 12.4 Å². The highest BCUT2D eigenvalue weighted by molar-refractivity contribution is 7.99. The number of aryl methyl sites for hydroxylation is 1. The molecule has 0 amide bonds. The Morgan fingerprint density at radius 2 is 1.71 bits per heavy atom. The maximum absolute atomic E-state index is 13.4. The molecule has 7 nitrogen and oxygen atoms in total. The number of thioether (sulfide) groups is 1. The molecule has 0 saturated heterocycles. The van der Waals surface area contributed by atoms with Crippen molar-refractivity contribution in [3.05, 3.63) is 94.3 Å². The third-order valence-corrected chi connectivity index (χ3v) is 6.42. The molecular formula is C26H22N4O3S. The normalized spacial score (nSPS) is 11.2. The Kier molecular flexibility index (Phi) is 5.90. The van der Waals surface area contributed by atoms with E-state index in [9.17, 15) is 9.59 Å². The number of aromatic nitrogens is 4. The Hall–Kier alpha value is -3.91. The lowest BCUT2D eigenvalue weighted by atomic mass is 10.1.